The molecule has 1 heterocycles. The Labute approximate surface area is 239 Å². The van der Waals surface area contributed by atoms with Crippen molar-refractivity contribution < 1.29 is 23.9 Å². The third-order valence-corrected chi connectivity index (χ3v) is 10.6. The first-order valence-electron chi connectivity index (χ1n) is 14.9. The standard InChI is InChI=1S/C35H33NO5/c1-18(2)36-31-25-17-26(30(29(25)33(36)37)35(39)40-19-10-4-3-5-11-19)32(31)41-34(38)27-16-24-20-12-6-8-14-22(20)28(27)23-15-9-7-13-21(23)24/h3-15,18,24-32H,16-17H2,1-2H3. The van der Waals surface area contributed by atoms with Crippen LogP contribution in [0.1, 0.15) is 60.8 Å². The Morgan fingerprint density at radius 2 is 1.39 bits per heavy atom. The molecule has 3 aromatic carbocycles. The van der Waals surface area contributed by atoms with Crippen LogP contribution in [0.4, 0.5) is 0 Å². The highest BCUT2D eigenvalue weighted by Crippen LogP contribution is 2.61. The van der Waals surface area contributed by atoms with Gasteiger partial charge in [-0.3, -0.25) is 14.4 Å². The molecule has 3 fully saturated rings. The minimum absolute atomic E-state index is 0.00867. The molecule has 2 saturated carbocycles. The largest absolute Gasteiger partial charge is 0.460 e. The Morgan fingerprint density at radius 1 is 0.780 bits per heavy atom. The van der Waals surface area contributed by atoms with E-state index in [4.69, 9.17) is 9.47 Å². The fourth-order valence-electron chi connectivity index (χ4n) is 9.19. The normalized spacial score (nSPS) is 33.6. The maximum absolute atomic E-state index is 14.2. The monoisotopic (exact) mass is 547 g/mol. The number of nitrogens with zero attached hydrogens (tertiary/aromatic N) is 1. The molecular weight excluding hydrogens is 514 g/mol. The van der Waals surface area contributed by atoms with Crippen LogP contribution >= 0.6 is 0 Å². The smallest absolute Gasteiger partial charge is 0.315 e. The van der Waals surface area contributed by atoms with Crippen molar-refractivity contribution in [3.8, 4) is 5.75 Å². The van der Waals surface area contributed by atoms with Crippen molar-refractivity contribution in [2.24, 2.45) is 29.6 Å². The third kappa shape index (κ3) is 3.46. The number of para-hydroxylation sites is 1. The van der Waals surface area contributed by atoms with E-state index in [9.17, 15) is 14.4 Å². The predicted octanol–water partition coefficient (Wildman–Crippen LogP) is 5.30. The average Bonchev–Trinajstić information content (AvgIpc) is 3.61. The number of carbonyl (C=O) groups is 3. The Hall–Kier alpha value is -3.93. The minimum atomic E-state index is -0.616. The van der Waals surface area contributed by atoms with Gasteiger partial charge in [0.2, 0.25) is 5.91 Å². The molecule has 208 valence electrons. The lowest BCUT2D eigenvalue weighted by atomic mass is 9.59. The summed E-state index contributed by atoms with van der Waals surface area (Å²) in [5, 5.41) is 0. The molecule has 0 spiro atoms. The molecule has 6 heteroatoms. The SMILES string of the molecule is CC(C)N1C(=O)C2C3CC(C(OC(=O)C4CC5c6ccccc6C4c4ccccc45)C31)C2C(=O)Oc1ccccc1. The highest BCUT2D eigenvalue weighted by molar-refractivity contribution is 5.91. The van der Waals surface area contributed by atoms with Gasteiger partial charge in [-0.25, -0.2) is 0 Å². The van der Waals surface area contributed by atoms with Gasteiger partial charge in [-0.1, -0.05) is 66.7 Å². The second-order valence-corrected chi connectivity index (χ2v) is 12.7. The average molecular weight is 548 g/mol. The summed E-state index contributed by atoms with van der Waals surface area (Å²) in [5.74, 6) is -1.63. The molecule has 6 aliphatic rings. The highest BCUT2D eigenvalue weighted by Gasteiger charge is 2.71. The zero-order valence-electron chi connectivity index (χ0n) is 23.2. The number of ether oxygens (including phenoxy) is 2. The quantitative estimate of drug-likeness (QED) is 0.320. The molecule has 7 unspecified atom stereocenters. The molecule has 0 radical (unpaired) electrons. The first kappa shape index (κ1) is 24.8. The van der Waals surface area contributed by atoms with Gasteiger partial charge in [0.1, 0.15) is 11.9 Å². The van der Waals surface area contributed by atoms with E-state index in [-0.39, 0.29) is 53.5 Å². The maximum atomic E-state index is 14.2. The van der Waals surface area contributed by atoms with Crippen molar-refractivity contribution in [1.82, 2.24) is 4.90 Å². The van der Waals surface area contributed by atoms with Crippen LogP contribution in [-0.2, 0) is 19.1 Å². The Morgan fingerprint density at radius 3 is 2.02 bits per heavy atom. The summed E-state index contributed by atoms with van der Waals surface area (Å²) in [6.07, 6.45) is 0.883. The summed E-state index contributed by atoms with van der Waals surface area (Å²) in [4.78, 5) is 43.4. The van der Waals surface area contributed by atoms with Gasteiger partial charge >= 0.3 is 11.9 Å². The van der Waals surface area contributed by atoms with E-state index in [2.05, 4.69) is 36.4 Å². The van der Waals surface area contributed by atoms with Crippen LogP contribution in [0.2, 0.25) is 0 Å². The maximum Gasteiger partial charge on any atom is 0.315 e. The van der Waals surface area contributed by atoms with Crippen molar-refractivity contribution in [2.45, 2.75) is 56.7 Å². The lowest BCUT2D eigenvalue weighted by Gasteiger charge is -2.45. The van der Waals surface area contributed by atoms with Gasteiger partial charge in [-0.15, -0.1) is 0 Å². The molecule has 1 saturated heterocycles. The number of benzene rings is 3. The molecule has 41 heavy (non-hydrogen) atoms. The number of amides is 1. The van der Waals surface area contributed by atoms with Gasteiger partial charge < -0.3 is 14.4 Å². The van der Waals surface area contributed by atoms with Crippen molar-refractivity contribution in [2.75, 3.05) is 0 Å². The number of hydrogen-bond donors (Lipinski definition) is 0. The third-order valence-electron chi connectivity index (χ3n) is 10.6. The predicted molar refractivity (Wildman–Crippen MR) is 151 cm³/mol. The van der Waals surface area contributed by atoms with E-state index in [0.29, 0.717) is 18.6 Å². The molecular formula is C35H33NO5. The van der Waals surface area contributed by atoms with E-state index in [1.165, 1.54) is 22.3 Å². The van der Waals surface area contributed by atoms with Crippen LogP contribution in [0.15, 0.2) is 78.9 Å². The second kappa shape index (κ2) is 9.04. The minimum Gasteiger partial charge on any atom is -0.460 e. The number of esters is 2. The molecule has 6 nitrogen and oxygen atoms in total. The van der Waals surface area contributed by atoms with Gasteiger partial charge in [0.25, 0.3) is 0 Å². The van der Waals surface area contributed by atoms with Crippen LogP contribution in [0.25, 0.3) is 0 Å². The van der Waals surface area contributed by atoms with Crippen molar-refractivity contribution in [3.05, 3.63) is 101 Å². The molecule has 5 aliphatic carbocycles. The van der Waals surface area contributed by atoms with Gasteiger partial charge in [0.05, 0.1) is 23.8 Å². The topological polar surface area (TPSA) is 72.9 Å². The molecule has 1 amide bonds. The first-order valence-corrected chi connectivity index (χ1v) is 14.9. The number of hydrogen-bond acceptors (Lipinski definition) is 5. The Balaban J connectivity index is 1.12. The second-order valence-electron chi connectivity index (χ2n) is 12.7. The summed E-state index contributed by atoms with van der Waals surface area (Å²) in [6.45, 7) is 4.00. The summed E-state index contributed by atoms with van der Waals surface area (Å²) in [6, 6.07) is 25.7. The summed E-state index contributed by atoms with van der Waals surface area (Å²) in [5.41, 5.74) is 5.03. The van der Waals surface area contributed by atoms with Crippen LogP contribution < -0.4 is 4.74 Å². The van der Waals surface area contributed by atoms with E-state index in [1.807, 2.05) is 49.1 Å². The molecule has 1 aliphatic heterocycles. The lowest BCUT2D eigenvalue weighted by Crippen LogP contribution is -2.50. The van der Waals surface area contributed by atoms with Gasteiger partial charge in [-0.05, 0) is 67.0 Å². The van der Waals surface area contributed by atoms with Crippen molar-refractivity contribution in [3.63, 3.8) is 0 Å². The number of fused-ring (bicyclic) bond motifs is 2. The van der Waals surface area contributed by atoms with E-state index in [0.717, 1.165) is 0 Å². The first-order chi connectivity index (χ1) is 19.9. The number of likely N-dealkylation sites (tertiary alicyclic amines) is 1. The van der Waals surface area contributed by atoms with Gasteiger partial charge in [0.15, 0.2) is 0 Å². The zero-order valence-corrected chi connectivity index (χ0v) is 23.2. The van der Waals surface area contributed by atoms with Crippen LogP contribution in [0.3, 0.4) is 0 Å². The Bertz CT molecular complexity index is 1520. The number of rotatable bonds is 5. The molecule has 7 atom stereocenters. The Kier molecular flexibility index (Phi) is 5.47. The van der Waals surface area contributed by atoms with Crippen LogP contribution in [0, 0.1) is 29.6 Å². The summed E-state index contributed by atoms with van der Waals surface area (Å²) in [7, 11) is 0. The molecule has 3 aromatic rings. The van der Waals surface area contributed by atoms with Gasteiger partial charge in [-0.2, -0.15) is 0 Å². The van der Waals surface area contributed by atoms with E-state index >= 15 is 0 Å². The summed E-state index contributed by atoms with van der Waals surface area (Å²) >= 11 is 0. The van der Waals surface area contributed by atoms with Crippen molar-refractivity contribution in [1.29, 1.82) is 0 Å². The zero-order chi connectivity index (χ0) is 28.0. The molecule has 9 rings (SSSR count). The fraction of sp³-hybridized carbons (Fsp3) is 0.400. The molecule has 0 aromatic heterocycles. The van der Waals surface area contributed by atoms with E-state index in [1.54, 1.807) is 12.1 Å². The highest BCUT2D eigenvalue weighted by atomic mass is 16.6. The van der Waals surface area contributed by atoms with E-state index < -0.39 is 23.9 Å². The van der Waals surface area contributed by atoms with Crippen LogP contribution in [-0.4, -0.2) is 40.9 Å². The molecule has 0 N–H and O–H groups in total. The lowest BCUT2D eigenvalue weighted by molar-refractivity contribution is -0.165. The molecule has 4 bridgehead atoms. The van der Waals surface area contributed by atoms with Gasteiger partial charge in [0, 0.05) is 23.8 Å². The summed E-state index contributed by atoms with van der Waals surface area (Å²) < 4.78 is 12.3. The van der Waals surface area contributed by atoms with Crippen molar-refractivity contribution >= 4 is 17.8 Å². The number of carbonyl (C=O) groups excluding carboxylic acids is 3. The fourth-order valence-corrected chi connectivity index (χ4v) is 9.19. The van der Waals surface area contributed by atoms with Crippen LogP contribution in [0.5, 0.6) is 5.75 Å².